The summed E-state index contributed by atoms with van der Waals surface area (Å²) in [6.07, 6.45) is 1.13. The predicted molar refractivity (Wildman–Crippen MR) is 46.9 cm³/mol. The van der Waals surface area contributed by atoms with Crippen LogP contribution in [0.2, 0.25) is 0 Å². The third kappa shape index (κ3) is 3.89. The van der Waals surface area contributed by atoms with E-state index in [1.807, 2.05) is 0 Å². The second-order valence-corrected chi connectivity index (χ2v) is 4.48. The number of nitrogens with two attached hydrogens (primary N) is 1. The molecule has 0 radical (unpaired) electrons. The average Bonchev–Trinajstić information content (AvgIpc) is 1.60. The van der Waals surface area contributed by atoms with Gasteiger partial charge in [-0.2, -0.15) is 0 Å². The zero-order valence-electron chi connectivity index (χ0n) is 7.94. The van der Waals surface area contributed by atoms with Crippen molar-refractivity contribution in [1.82, 2.24) is 0 Å². The summed E-state index contributed by atoms with van der Waals surface area (Å²) in [5.41, 5.74) is 6.10. The monoisotopic (exact) mass is 143 g/mol. The van der Waals surface area contributed by atoms with Crippen molar-refractivity contribution in [2.45, 2.75) is 47.1 Å². The van der Waals surface area contributed by atoms with E-state index in [2.05, 4.69) is 34.6 Å². The second-order valence-electron chi connectivity index (χ2n) is 4.48. The molecular weight excluding hydrogens is 122 g/mol. The Labute approximate surface area is 65.0 Å². The first-order valence-corrected chi connectivity index (χ1v) is 4.09. The number of rotatable bonds is 2. The first-order valence-electron chi connectivity index (χ1n) is 4.09. The topological polar surface area (TPSA) is 26.0 Å². The molecule has 0 spiro atoms. The van der Waals surface area contributed by atoms with Crippen molar-refractivity contribution in [1.29, 1.82) is 0 Å². The van der Waals surface area contributed by atoms with E-state index in [0.29, 0.717) is 17.4 Å². The molecule has 0 bridgehead atoms. The van der Waals surface area contributed by atoms with Crippen LogP contribution in [0.1, 0.15) is 41.0 Å². The minimum absolute atomic E-state index is 0.342. The maximum atomic E-state index is 5.69. The molecule has 0 aliphatic rings. The van der Waals surface area contributed by atoms with Gasteiger partial charge in [0, 0.05) is 6.04 Å². The molecule has 62 valence electrons. The molecule has 0 aromatic heterocycles. The summed E-state index contributed by atoms with van der Waals surface area (Å²) in [7, 11) is 0. The number of hydrogen-bond donors (Lipinski definition) is 1. The van der Waals surface area contributed by atoms with Crippen LogP contribution in [0.25, 0.3) is 0 Å². The van der Waals surface area contributed by atoms with Gasteiger partial charge in [0.05, 0.1) is 0 Å². The highest BCUT2D eigenvalue weighted by atomic mass is 14.6. The van der Waals surface area contributed by atoms with E-state index in [9.17, 15) is 0 Å². The molecule has 0 aliphatic carbocycles. The van der Waals surface area contributed by atoms with Crippen molar-refractivity contribution in [3.8, 4) is 0 Å². The summed E-state index contributed by atoms with van der Waals surface area (Å²) in [5.74, 6) is 0.715. The van der Waals surface area contributed by atoms with Crippen molar-refractivity contribution >= 4 is 0 Å². The van der Waals surface area contributed by atoms with Crippen molar-refractivity contribution < 1.29 is 0 Å². The van der Waals surface area contributed by atoms with Crippen LogP contribution in [0.15, 0.2) is 0 Å². The second kappa shape index (κ2) is 3.38. The molecule has 0 rings (SSSR count). The fourth-order valence-corrected chi connectivity index (χ4v) is 0.911. The van der Waals surface area contributed by atoms with Gasteiger partial charge in [-0.05, 0) is 24.7 Å². The Morgan fingerprint density at radius 1 is 1.20 bits per heavy atom. The standard InChI is InChI=1S/C9H21N/c1-7(6-8(2)10)9(3,4)5/h7-8H,6,10H2,1-5H3. The molecule has 0 aliphatic heterocycles. The summed E-state index contributed by atoms with van der Waals surface area (Å²) in [5, 5.41) is 0. The van der Waals surface area contributed by atoms with Gasteiger partial charge in [-0.15, -0.1) is 0 Å². The molecular formula is C9H21N. The van der Waals surface area contributed by atoms with Gasteiger partial charge in [0.2, 0.25) is 0 Å². The molecule has 2 atom stereocenters. The zero-order valence-corrected chi connectivity index (χ0v) is 7.94. The van der Waals surface area contributed by atoms with E-state index < -0.39 is 0 Å². The van der Waals surface area contributed by atoms with Crippen molar-refractivity contribution in [3.63, 3.8) is 0 Å². The molecule has 2 unspecified atom stereocenters. The fraction of sp³-hybridized carbons (Fsp3) is 1.00. The van der Waals surface area contributed by atoms with Gasteiger partial charge in [0.15, 0.2) is 0 Å². The van der Waals surface area contributed by atoms with Crippen LogP contribution in [-0.4, -0.2) is 6.04 Å². The van der Waals surface area contributed by atoms with Crippen LogP contribution >= 0.6 is 0 Å². The lowest BCUT2D eigenvalue weighted by Crippen LogP contribution is -2.25. The molecule has 0 amide bonds. The maximum Gasteiger partial charge on any atom is 0.00132 e. The van der Waals surface area contributed by atoms with Gasteiger partial charge in [-0.3, -0.25) is 0 Å². The van der Waals surface area contributed by atoms with Crippen LogP contribution in [0.5, 0.6) is 0 Å². The maximum absolute atomic E-state index is 5.69. The van der Waals surface area contributed by atoms with E-state index in [0.717, 1.165) is 6.42 Å². The van der Waals surface area contributed by atoms with E-state index in [-0.39, 0.29) is 0 Å². The van der Waals surface area contributed by atoms with Crippen molar-refractivity contribution in [2.24, 2.45) is 17.1 Å². The Hall–Kier alpha value is -0.0400. The molecule has 2 N–H and O–H groups in total. The fourth-order valence-electron chi connectivity index (χ4n) is 0.911. The summed E-state index contributed by atoms with van der Waals surface area (Å²) in [4.78, 5) is 0. The van der Waals surface area contributed by atoms with E-state index in [1.165, 1.54) is 0 Å². The minimum atomic E-state index is 0.342. The van der Waals surface area contributed by atoms with Gasteiger partial charge in [-0.1, -0.05) is 27.7 Å². The summed E-state index contributed by atoms with van der Waals surface area (Å²) >= 11 is 0. The van der Waals surface area contributed by atoms with Gasteiger partial charge >= 0.3 is 0 Å². The highest BCUT2D eigenvalue weighted by molar-refractivity contribution is 4.72. The quantitative estimate of drug-likeness (QED) is 0.631. The lowest BCUT2D eigenvalue weighted by atomic mass is 9.79. The molecule has 1 nitrogen and oxygen atoms in total. The van der Waals surface area contributed by atoms with E-state index >= 15 is 0 Å². The molecule has 0 fully saturated rings. The summed E-state index contributed by atoms with van der Waals surface area (Å²) in [6.45, 7) is 11.1. The summed E-state index contributed by atoms with van der Waals surface area (Å²) < 4.78 is 0. The Bertz CT molecular complexity index is 89.4. The van der Waals surface area contributed by atoms with Gasteiger partial charge in [0.25, 0.3) is 0 Å². The molecule has 0 saturated carbocycles. The van der Waals surface area contributed by atoms with E-state index in [4.69, 9.17) is 5.73 Å². The average molecular weight is 143 g/mol. The first-order chi connectivity index (χ1) is 4.34. The third-order valence-corrected chi connectivity index (χ3v) is 2.20. The highest BCUT2D eigenvalue weighted by Crippen LogP contribution is 2.28. The Morgan fingerprint density at radius 2 is 1.60 bits per heavy atom. The lowest BCUT2D eigenvalue weighted by Gasteiger charge is -2.28. The largest absolute Gasteiger partial charge is 0.328 e. The Balaban J connectivity index is 3.73. The van der Waals surface area contributed by atoms with Gasteiger partial charge in [-0.25, -0.2) is 0 Å². The van der Waals surface area contributed by atoms with Crippen LogP contribution in [0.4, 0.5) is 0 Å². The van der Waals surface area contributed by atoms with Crippen LogP contribution in [0, 0.1) is 11.3 Å². The number of hydrogen-bond acceptors (Lipinski definition) is 1. The first kappa shape index (κ1) is 9.96. The van der Waals surface area contributed by atoms with Crippen molar-refractivity contribution in [3.05, 3.63) is 0 Å². The third-order valence-electron chi connectivity index (χ3n) is 2.20. The van der Waals surface area contributed by atoms with E-state index in [1.54, 1.807) is 0 Å². The van der Waals surface area contributed by atoms with Crippen molar-refractivity contribution in [2.75, 3.05) is 0 Å². The highest BCUT2D eigenvalue weighted by Gasteiger charge is 2.20. The smallest absolute Gasteiger partial charge is 0.00132 e. The molecule has 0 heterocycles. The molecule has 0 saturated heterocycles. The van der Waals surface area contributed by atoms with Gasteiger partial charge < -0.3 is 5.73 Å². The van der Waals surface area contributed by atoms with Crippen LogP contribution < -0.4 is 5.73 Å². The predicted octanol–water partition coefficient (Wildman–Crippen LogP) is 2.41. The molecule has 0 aromatic carbocycles. The lowest BCUT2D eigenvalue weighted by molar-refractivity contribution is 0.236. The van der Waals surface area contributed by atoms with Crippen LogP contribution in [0.3, 0.4) is 0 Å². The Morgan fingerprint density at radius 3 is 1.70 bits per heavy atom. The molecule has 0 aromatic rings. The zero-order chi connectivity index (χ0) is 8.36. The van der Waals surface area contributed by atoms with Crippen LogP contribution in [-0.2, 0) is 0 Å². The SMILES string of the molecule is CC(N)CC(C)C(C)(C)C. The minimum Gasteiger partial charge on any atom is -0.328 e. The summed E-state index contributed by atoms with van der Waals surface area (Å²) in [6, 6.07) is 0.342. The normalized spacial score (nSPS) is 18.6. The molecule has 10 heavy (non-hydrogen) atoms. The molecule has 1 heteroatoms. The Kier molecular flexibility index (Phi) is 3.37. The van der Waals surface area contributed by atoms with Gasteiger partial charge in [0.1, 0.15) is 0 Å².